The number of carbonyl (C=O) groups is 1. The fourth-order valence-corrected chi connectivity index (χ4v) is 3.99. The summed E-state index contributed by atoms with van der Waals surface area (Å²) in [5.41, 5.74) is 2.82. The molecule has 1 aliphatic carbocycles. The molecule has 2 aliphatic rings. The summed E-state index contributed by atoms with van der Waals surface area (Å²) >= 11 is 0. The number of aryl methyl sites for hydroxylation is 2. The monoisotopic (exact) mass is 340 g/mol. The molecule has 2 aromatic rings. The van der Waals surface area contributed by atoms with E-state index in [1.54, 1.807) is 0 Å². The van der Waals surface area contributed by atoms with E-state index in [9.17, 15) is 4.79 Å². The first-order valence-corrected chi connectivity index (χ1v) is 9.11. The Bertz CT molecular complexity index is 749. The number of aromatic nitrogens is 2. The van der Waals surface area contributed by atoms with E-state index in [1.807, 2.05) is 11.8 Å². The molecule has 2 heterocycles. The van der Waals surface area contributed by atoms with Crippen LogP contribution in [0, 0.1) is 6.92 Å². The van der Waals surface area contributed by atoms with Crippen LogP contribution in [-0.4, -0.2) is 40.7 Å². The number of carbonyl (C=O) groups excluding carboxylic acids is 1. The predicted molar refractivity (Wildman–Crippen MR) is 93.5 cm³/mol. The smallest absolute Gasteiger partial charge is 0.317 e. The van der Waals surface area contributed by atoms with Crippen molar-refractivity contribution >= 4 is 6.03 Å². The van der Waals surface area contributed by atoms with Crippen molar-refractivity contribution in [3.8, 4) is 0 Å². The summed E-state index contributed by atoms with van der Waals surface area (Å²) in [4.78, 5) is 18.7. The highest BCUT2D eigenvalue weighted by molar-refractivity contribution is 5.74. The van der Waals surface area contributed by atoms with Crippen LogP contribution in [0.1, 0.15) is 53.9 Å². The fraction of sp³-hybridized carbons (Fsp3) is 0.526. The van der Waals surface area contributed by atoms with E-state index >= 15 is 0 Å². The van der Waals surface area contributed by atoms with Gasteiger partial charge in [-0.05, 0) is 43.7 Å². The standard InChI is InChI=1S/C19H24N4O2/c1-13-21-18(25-22-13)15-8-10-23(11-9-15)19(24)20-12-16-7-6-14-4-2-3-5-17(14)16/h2-5,15-16H,6-12H2,1H3,(H,20,24)/t16-/m1/s1. The Balaban J connectivity index is 1.27. The van der Waals surface area contributed by atoms with Crippen molar-refractivity contribution in [3.05, 3.63) is 47.1 Å². The molecule has 0 bridgehead atoms. The molecule has 6 nitrogen and oxygen atoms in total. The zero-order valence-electron chi connectivity index (χ0n) is 14.6. The zero-order chi connectivity index (χ0) is 17.2. The third-order valence-corrected chi connectivity index (χ3v) is 5.43. The second-order valence-electron chi connectivity index (χ2n) is 7.06. The highest BCUT2D eigenvalue weighted by atomic mass is 16.5. The van der Waals surface area contributed by atoms with Crippen LogP contribution in [0.25, 0.3) is 0 Å². The van der Waals surface area contributed by atoms with Crippen LogP contribution in [-0.2, 0) is 6.42 Å². The van der Waals surface area contributed by atoms with Gasteiger partial charge in [-0.3, -0.25) is 0 Å². The number of amides is 2. The minimum absolute atomic E-state index is 0.0459. The van der Waals surface area contributed by atoms with Gasteiger partial charge in [0.2, 0.25) is 5.89 Å². The van der Waals surface area contributed by atoms with Crippen molar-refractivity contribution in [3.63, 3.8) is 0 Å². The molecule has 1 aromatic heterocycles. The van der Waals surface area contributed by atoms with Crippen LogP contribution in [0.4, 0.5) is 4.79 Å². The van der Waals surface area contributed by atoms with Crippen LogP contribution in [0.15, 0.2) is 28.8 Å². The number of urea groups is 1. The first kappa shape index (κ1) is 16.1. The van der Waals surface area contributed by atoms with Crippen molar-refractivity contribution in [2.24, 2.45) is 0 Å². The minimum atomic E-state index is 0.0459. The quantitative estimate of drug-likeness (QED) is 0.932. The highest BCUT2D eigenvalue weighted by Crippen LogP contribution is 2.32. The molecule has 0 spiro atoms. The fourth-order valence-electron chi connectivity index (χ4n) is 3.99. The number of hydrogen-bond acceptors (Lipinski definition) is 4. The van der Waals surface area contributed by atoms with Gasteiger partial charge in [0.25, 0.3) is 0 Å². The average Bonchev–Trinajstić information content (AvgIpc) is 3.26. The summed E-state index contributed by atoms with van der Waals surface area (Å²) < 4.78 is 5.27. The molecular weight excluding hydrogens is 316 g/mol. The van der Waals surface area contributed by atoms with Gasteiger partial charge in [-0.1, -0.05) is 29.4 Å². The molecule has 1 atom stereocenters. The Hall–Kier alpha value is -2.37. The van der Waals surface area contributed by atoms with Crippen molar-refractivity contribution in [2.75, 3.05) is 19.6 Å². The van der Waals surface area contributed by atoms with Gasteiger partial charge in [0.1, 0.15) is 0 Å². The highest BCUT2D eigenvalue weighted by Gasteiger charge is 2.28. The van der Waals surface area contributed by atoms with Gasteiger partial charge in [0.15, 0.2) is 5.82 Å². The number of rotatable bonds is 3. The third kappa shape index (κ3) is 3.38. The first-order chi connectivity index (χ1) is 12.2. The number of hydrogen-bond donors (Lipinski definition) is 1. The van der Waals surface area contributed by atoms with Crippen LogP contribution in [0.3, 0.4) is 0 Å². The number of nitrogens with zero attached hydrogens (tertiary/aromatic N) is 3. The van der Waals surface area contributed by atoms with E-state index in [4.69, 9.17) is 4.52 Å². The lowest BCUT2D eigenvalue weighted by molar-refractivity contribution is 0.174. The second-order valence-corrected chi connectivity index (χ2v) is 7.06. The molecule has 6 heteroatoms. The van der Waals surface area contributed by atoms with Gasteiger partial charge < -0.3 is 14.7 Å². The minimum Gasteiger partial charge on any atom is -0.339 e. The number of fused-ring (bicyclic) bond motifs is 1. The average molecular weight is 340 g/mol. The lowest BCUT2D eigenvalue weighted by Crippen LogP contribution is -2.45. The normalized spacial score (nSPS) is 20.5. The Morgan fingerprint density at radius 1 is 1.28 bits per heavy atom. The summed E-state index contributed by atoms with van der Waals surface area (Å²) in [5, 5.41) is 6.99. The number of likely N-dealkylation sites (tertiary alicyclic amines) is 1. The van der Waals surface area contributed by atoms with E-state index in [0.29, 0.717) is 17.6 Å². The molecule has 1 fully saturated rings. The largest absolute Gasteiger partial charge is 0.339 e. The molecule has 1 aromatic carbocycles. The molecular formula is C19H24N4O2. The maximum Gasteiger partial charge on any atom is 0.317 e. The van der Waals surface area contributed by atoms with Crippen molar-refractivity contribution in [1.29, 1.82) is 0 Å². The summed E-state index contributed by atoms with van der Waals surface area (Å²) in [6, 6.07) is 8.61. The van der Waals surface area contributed by atoms with Crippen LogP contribution >= 0.6 is 0 Å². The summed E-state index contributed by atoms with van der Waals surface area (Å²) in [6.07, 6.45) is 3.99. The maximum atomic E-state index is 12.5. The molecule has 1 N–H and O–H groups in total. The van der Waals surface area contributed by atoms with Gasteiger partial charge in [-0.25, -0.2) is 4.79 Å². The van der Waals surface area contributed by atoms with Crippen LogP contribution in [0.5, 0.6) is 0 Å². The number of piperidine rings is 1. The molecule has 1 aliphatic heterocycles. The van der Waals surface area contributed by atoms with E-state index < -0.39 is 0 Å². The Kier molecular flexibility index (Phi) is 4.42. The predicted octanol–water partition coefficient (Wildman–Crippen LogP) is 3.00. The van der Waals surface area contributed by atoms with Gasteiger partial charge in [0, 0.05) is 31.5 Å². The van der Waals surface area contributed by atoms with E-state index in [0.717, 1.165) is 45.3 Å². The van der Waals surface area contributed by atoms with Crippen LogP contribution < -0.4 is 5.32 Å². The van der Waals surface area contributed by atoms with Gasteiger partial charge in [-0.2, -0.15) is 4.98 Å². The topological polar surface area (TPSA) is 71.3 Å². The Labute approximate surface area is 147 Å². The summed E-state index contributed by atoms with van der Waals surface area (Å²) in [6.45, 7) is 4.02. The van der Waals surface area contributed by atoms with Crippen molar-refractivity contribution in [2.45, 2.75) is 44.4 Å². The van der Waals surface area contributed by atoms with E-state index in [2.05, 4.69) is 39.7 Å². The summed E-state index contributed by atoms with van der Waals surface area (Å²) in [5.74, 6) is 2.10. The maximum absolute atomic E-state index is 12.5. The van der Waals surface area contributed by atoms with Crippen molar-refractivity contribution < 1.29 is 9.32 Å². The van der Waals surface area contributed by atoms with Crippen molar-refractivity contribution in [1.82, 2.24) is 20.4 Å². The lowest BCUT2D eigenvalue weighted by atomic mass is 9.97. The molecule has 132 valence electrons. The van der Waals surface area contributed by atoms with E-state index in [-0.39, 0.29) is 11.9 Å². The van der Waals surface area contributed by atoms with Crippen LogP contribution in [0.2, 0.25) is 0 Å². The third-order valence-electron chi connectivity index (χ3n) is 5.43. The molecule has 4 rings (SSSR count). The van der Waals surface area contributed by atoms with Gasteiger partial charge >= 0.3 is 6.03 Å². The zero-order valence-corrected chi connectivity index (χ0v) is 14.6. The van der Waals surface area contributed by atoms with Gasteiger partial charge in [-0.15, -0.1) is 0 Å². The summed E-state index contributed by atoms with van der Waals surface area (Å²) in [7, 11) is 0. The molecule has 0 radical (unpaired) electrons. The van der Waals surface area contributed by atoms with Gasteiger partial charge in [0.05, 0.1) is 0 Å². The molecule has 2 amide bonds. The lowest BCUT2D eigenvalue weighted by Gasteiger charge is -2.30. The molecule has 25 heavy (non-hydrogen) atoms. The molecule has 0 unspecified atom stereocenters. The Morgan fingerprint density at radius 2 is 2.08 bits per heavy atom. The number of nitrogens with one attached hydrogen (secondary N) is 1. The molecule has 0 saturated carbocycles. The Morgan fingerprint density at radius 3 is 2.84 bits per heavy atom. The number of benzene rings is 1. The van der Waals surface area contributed by atoms with E-state index in [1.165, 1.54) is 11.1 Å². The SMILES string of the molecule is Cc1noc(C2CCN(C(=O)NC[C@H]3CCc4ccccc43)CC2)n1. The first-order valence-electron chi connectivity index (χ1n) is 9.11. The molecule has 1 saturated heterocycles. The second kappa shape index (κ2) is 6.86.